The highest BCUT2D eigenvalue weighted by atomic mass is 16.1. The number of hydrogen-bond acceptors (Lipinski definition) is 3. The predicted octanol–water partition coefficient (Wildman–Crippen LogP) is 4.99. The van der Waals surface area contributed by atoms with Crippen molar-refractivity contribution in [3.8, 4) is 11.3 Å². The van der Waals surface area contributed by atoms with Gasteiger partial charge in [0, 0.05) is 49.0 Å². The van der Waals surface area contributed by atoms with Gasteiger partial charge in [0.05, 0.1) is 0 Å². The van der Waals surface area contributed by atoms with Crippen LogP contribution in [0.2, 0.25) is 0 Å². The molecule has 186 valence electrons. The fourth-order valence-electron chi connectivity index (χ4n) is 6.01. The van der Waals surface area contributed by atoms with Crippen molar-refractivity contribution in [2.45, 2.75) is 59.9 Å². The van der Waals surface area contributed by atoms with Crippen molar-refractivity contribution in [1.82, 2.24) is 20.1 Å². The highest BCUT2D eigenvalue weighted by Crippen LogP contribution is 2.27. The van der Waals surface area contributed by atoms with Gasteiger partial charge in [-0.3, -0.25) is 9.69 Å². The average Bonchev–Trinajstić information content (AvgIpc) is 3.16. The molecule has 34 heavy (non-hydrogen) atoms. The summed E-state index contributed by atoms with van der Waals surface area (Å²) in [6.07, 6.45) is 4.33. The molecule has 3 heterocycles. The summed E-state index contributed by atoms with van der Waals surface area (Å²) in [5.41, 5.74) is 6.38. The van der Waals surface area contributed by atoms with E-state index in [4.69, 9.17) is 0 Å². The quantitative estimate of drug-likeness (QED) is 0.541. The third kappa shape index (κ3) is 6.51. The molecule has 2 N–H and O–H groups in total. The van der Waals surface area contributed by atoms with Crippen LogP contribution in [-0.4, -0.2) is 60.0 Å². The zero-order valence-corrected chi connectivity index (χ0v) is 21.7. The molecule has 0 saturated carbocycles. The van der Waals surface area contributed by atoms with E-state index in [2.05, 4.69) is 78.1 Å². The van der Waals surface area contributed by atoms with E-state index in [1.54, 1.807) is 0 Å². The second-order valence-electron chi connectivity index (χ2n) is 11.0. The van der Waals surface area contributed by atoms with Gasteiger partial charge in [-0.15, -0.1) is 0 Å². The maximum atomic E-state index is 12.7. The van der Waals surface area contributed by atoms with Crippen LogP contribution in [-0.2, 0) is 11.3 Å². The van der Waals surface area contributed by atoms with Gasteiger partial charge < -0.3 is 15.2 Å². The fraction of sp³-hybridized carbons (Fsp3) is 0.621. The number of rotatable bonds is 8. The van der Waals surface area contributed by atoms with E-state index in [1.807, 2.05) is 0 Å². The second-order valence-corrected chi connectivity index (χ2v) is 11.0. The van der Waals surface area contributed by atoms with Gasteiger partial charge in [-0.05, 0) is 88.2 Å². The van der Waals surface area contributed by atoms with Gasteiger partial charge in [-0.25, -0.2) is 0 Å². The van der Waals surface area contributed by atoms with Crippen LogP contribution in [0.1, 0.15) is 56.4 Å². The normalized spacial score (nSPS) is 22.7. The number of aromatic amines is 1. The molecule has 5 nitrogen and oxygen atoms in total. The molecule has 2 aliphatic heterocycles. The van der Waals surface area contributed by atoms with E-state index < -0.39 is 0 Å². The molecule has 2 aromatic rings. The molecule has 0 unspecified atom stereocenters. The molecule has 4 rings (SSSR count). The molecule has 0 bridgehead atoms. The van der Waals surface area contributed by atoms with Crippen LogP contribution in [0.15, 0.2) is 30.3 Å². The topological polar surface area (TPSA) is 51.4 Å². The zero-order chi connectivity index (χ0) is 24.1. The van der Waals surface area contributed by atoms with Crippen molar-refractivity contribution >= 4 is 5.91 Å². The number of H-pyrrole nitrogens is 1. The fourth-order valence-corrected chi connectivity index (χ4v) is 6.01. The summed E-state index contributed by atoms with van der Waals surface area (Å²) in [7, 11) is 0. The van der Waals surface area contributed by atoms with Crippen LogP contribution in [0.5, 0.6) is 0 Å². The minimum absolute atomic E-state index is 0.168. The smallest absolute Gasteiger partial charge is 0.223 e. The van der Waals surface area contributed by atoms with Crippen molar-refractivity contribution < 1.29 is 4.79 Å². The molecular formula is C29H44N4O. The van der Waals surface area contributed by atoms with Gasteiger partial charge in [-0.2, -0.15) is 0 Å². The zero-order valence-electron chi connectivity index (χ0n) is 21.7. The van der Waals surface area contributed by atoms with Gasteiger partial charge in [0.25, 0.3) is 0 Å². The van der Waals surface area contributed by atoms with Crippen LogP contribution in [0.4, 0.5) is 0 Å². The van der Waals surface area contributed by atoms with Crippen LogP contribution in [0, 0.1) is 31.6 Å². The Morgan fingerprint density at radius 3 is 2.47 bits per heavy atom. The first-order valence-corrected chi connectivity index (χ1v) is 13.4. The number of aromatic nitrogens is 1. The van der Waals surface area contributed by atoms with Gasteiger partial charge in [0.15, 0.2) is 0 Å². The SMILES string of the molecule is Cc1ccccc1-c1cc(CN2CCC(C(=O)NCCCN3C[C@H](C)C[C@H](C)C3)CC2)c(C)[nH]1. The number of carbonyl (C=O) groups excluding carboxylic acids is 1. The third-order valence-corrected chi connectivity index (χ3v) is 7.80. The van der Waals surface area contributed by atoms with Crippen LogP contribution in [0.3, 0.4) is 0 Å². The molecule has 2 aliphatic rings. The van der Waals surface area contributed by atoms with Crippen LogP contribution in [0.25, 0.3) is 11.3 Å². The van der Waals surface area contributed by atoms with Crippen molar-refractivity contribution in [1.29, 1.82) is 0 Å². The maximum Gasteiger partial charge on any atom is 0.223 e. The van der Waals surface area contributed by atoms with E-state index in [0.717, 1.165) is 63.8 Å². The van der Waals surface area contributed by atoms with Crippen molar-refractivity contribution in [3.05, 3.63) is 47.2 Å². The first-order chi connectivity index (χ1) is 16.4. The molecule has 5 heteroatoms. The Bertz CT molecular complexity index is 933. The summed E-state index contributed by atoms with van der Waals surface area (Å²) in [6.45, 7) is 16.3. The van der Waals surface area contributed by atoms with Crippen molar-refractivity contribution in [2.24, 2.45) is 17.8 Å². The standard InChI is InChI=1S/C29H44N4O/c1-21-16-22(2)19-33(18-21)13-7-12-30-29(34)25-10-14-32(15-11-25)20-26-17-28(31-24(26)4)27-9-6-5-8-23(27)3/h5-6,8-9,17,21-22,25,31H,7,10-16,18-20H2,1-4H3,(H,30,34)/t21-,22+. The summed E-state index contributed by atoms with van der Waals surface area (Å²) in [5, 5.41) is 3.23. The van der Waals surface area contributed by atoms with E-state index >= 15 is 0 Å². The number of nitrogens with one attached hydrogen (secondary N) is 2. The van der Waals surface area contributed by atoms with E-state index in [0.29, 0.717) is 0 Å². The third-order valence-electron chi connectivity index (χ3n) is 7.80. The van der Waals surface area contributed by atoms with E-state index in [-0.39, 0.29) is 11.8 Å². The number of hydrogen-bond donors (Lipinski definition) is 2. The molecule has 1 amide bonds. The Morgan fingerprint density at radius 2 is 1.76 bits per heavy atom. The molecule has 0 spiro atoms. The van der Waals surface area contributed by atoms with Gasteiger partial charge in [-0.1, -0.05) is 38.1 Å². The lowest BCUT2D eigenvalue weighted by Crippen LogP contribution is -2.42. The number of nitrogens with zero attached hydrogens (tertiary/aromatic N) is 2. The summed E-state index contributed by atoms with van der Waals surface area (Å²) in [6, 6.07) is 10.8. The first kappa shape index (κ1) is 25.0. The number of likely N-dealkylation sites (tertiary alicyclic amines) is 2. The Labute approximate surface area is 206 Å². The number of benzene rings is 1. The maximum absolute atomic E-state index is 12.7. The lowest BCUT2D eigenvalue weighted by molar-refractivity contribution is -0.126. The monoisotopic (exact) mass is 464 g/mol. The van der Waals surface area contributed by atoms with Crippen LogP contribution < -0.4 is 5.32 Å². The molecule has 1 aromatic heterocycles. The summed E-state index contributed by atoms with van der Waals surface area (Å²) in [4.78, 5) is 21.4. The summed E-state index contributed by atoms with van der Waals surface area (Å²) < 4.78 is 0. The lowest BCUT2D eigenvalue weighted by atomic mass is 9.92. The van der Waals surface area contributed by atoms with Crippen molar-refractivity contribution in [2.75, 3.05) is 39.3 Å². The summed E-state index contributed by atoms with van der Waals surface area (Å²) in [5.74, 6) is 2.03. The second kappa shape index (κ2) is 11.5. The van der Waals surface area contributed by atoms with Crippen molar-refractivity contribution in [3.63, 3.8) is 0 Å². The summed E-state index contributed by atoms with van der Waals surface area (Å²) >= 11 is 0. The van der Waals surface area contributed by atoms with Gasteiger partial charge in [0.1, 0.15) is 0 Å². The number of amides is 1. The first-order valence-electron chi connectivity index (χ1n) is 13.4. The Kier molecular flexibility index (Phi) is 8.49. The van der Waals surface area contributed by atoms with E-state index in [9.17, 15) is 4.79 Å². The highest BCUT2D eigenvalue weighted by molar-refractivity contribution is 5.78. The number of aryl methyl sites for hydroxylation is 2. The van der Waals surface area contributed by atoms with Gasteiger partial charge in [0.2, 0.25) is 5.91 Å². The minimum Gasteiger partial charge on any atom is -0.358 e. The Hall–Kier alpha value is -2.11. The lowest BCUT2D eigenvalue weighted by Gasteiger charge is -2.35. The predicted molar refractivity (Wildman–Crippen MR) is 141 cm³/mol. The molecule has 2 atom stereocenters. The highest BCUT2D eigenvalue weighted by Gasteiger charge is 2.26. The van der Waals surface area contributed by atoms with E-state index in [1.165, 1.54) is 47.6 Å². The molecular weight excluding hydrogens is 420 g/mol. The largest absolute Gasteiger partial charge is 0.358 e. The molecule has 0 aliphatic carbocycles. The van der Waals surface area contributed by atoms with Crippen LogP contribution >= 0.6 is 0 Å². The average molecular weight is 465 g/mol. The molecule has 1 aromatic carbocycles. The molecule has 2 fully saturated rings. The molecule has 2 saturated heterocycles. The molecule has 0 radical (unpaired) electrons. The minimum atomic E-state index is 0.168. The van der Waals surface area contributed by atoms with Gasteiger partial charge >= 0.3 is 0 Å². The Morgan fingerprint density at radius 1 is 1.06 bits per heavy atom. The number of piperidine rings is 2. The number of carbonyl (C=O) groups is 1. The Balaban J connectivity index is 1.18.